The minimum absolute atomic E-state index is 0.0218. The third kappa shape index (κ3) is 4.52. The van der Waals surface area contributed by atoms with Gasteiger partial charge in [0.15, 0.2) is 9.84 Å². The number of hydrogen-bond acceptors (Lipinski definition) is 5. The van der Waals surface area contributed by atoms with Crippen LogP contribution in [0.3, 0.4) is 0 Å². The van der Waals surface area contributed by atoms with E-state index in [1.807, 2.05) is 11.0 Å². The maximum Gasteiger partial charge on any atom is 0.242 e. The van der Waals surface area contributed by atoms with Crippen LogP contribution >= 0.6 is 0 Å². The van der Waals surface area contributed by atoms with Crippen LogP contribution in [0, 0.1) is 0 Å². The molecule has 0 radical (unpaired) electrons. The average molecular weight is 434 g/mol. The fraction of sp³-hybridized carbons (Fsp3) is 0.524. The van der Waals surface area contributed by atoms with Crippen molar-refractivity contribution < 1.29 is 22.7 Å². The topological polar surface area (TPSA) is 97.7 Å². The lowest BCUT2D eigenvalue weighted by molar-refractivity contribution is -0.130. The molecule has 2 aliphatic heterocycles. The molecular weight excluding hydrogens is 406 g/mol. The number of sulfone groups is 1. The molecule has 162 valence electrons. The molecule has 4 rings (SSSR count). The fourth-order valence-corrected chi connectivity index (χ4v) is 5.54. The van der Waals surface area contributed by atoms with Crippen LogP contribution in [0.15, 0.2) is 35.4 Å². The molecule has 30 heavy (non-hydrogen) atoms. The monoisotopic (exact) mass is 433 g/mol. The molecule has 2 aliphatic rings. The van der Waals surface area contributed by atoms with Gasteiger partial charge >= 0.3 is 0 Å². The number of carbonyl (C=O) groups is 2. The van der Waals surface area contributed by atoms with Gasteiger partial charge in [-0.1, -0.05) is 18.2 Å². The molecule has 0 saturated carbocycles. The van der Waals surface area contributed by atoms with Gasteiger partial charge in [-0.15, -0.1) is 0 Å². The summed E-state index contributed by atoms with van der Waals surface area (Å²) < 4.78 is 33.1. The molecule has 2 saturated heterocycles. The lowest BCUT2D eigenvalue weighted by Crippen LogP contribution is -2.35. The van der Waals surface area contributed by atoms with Crippen molar-refractivity contribution in [3.63, 3.8) is 0 Å². The third-order valence-electron chi connectivity index (χ3n) is 5.72. The first kappa shape index (κ1) is 20.9. The normalized spacial score (nSPS) is 19.5. The first-order valence-corrected chi connectivity index (χ1v) is 12.1. The molecule has 9 heteroatoms. The quantitative estimate of drug-likeness (QED) is 0.711. The summed E-state index contributed by atoms with van der Waals surface area (Å²) in [6, 6.07) is 7.07. The van der Waals surface area contributed by atoms with Crippen molar-refractivity contribution in [2.75, 3.05) is 32.0 Å². The lowest BCUT2D eigenvalue weighted by atomic mass is 10.2. The number of likely N-dealkylation sites (tertiary alicyclic amines) is 1. The van der Waals surface area contributed by atoms with E-state index in [9.17, 15) is 18.0 Å². The van der Waals surface area contributed by atoms with Crippen molar-refractivity contribution in [2.24, 2.45) is 0 Å². The molecule has 2 amide bonds. The molecule has 1 N–H and O–H groups in total. The number of carbonyl (C=O) groups excluding carboxylic acids is 2. The van der Waals surface area contributed by atoms with Gasteiger partial charge in [0, 0.05) is 43.3 Å². The molecule has 1 unspecified atom stereocenters. The zero-order valence-corrected chi connectivity index (χ0v) is 17.7. The van der Waals surface area contributed by atoms with Gasteiger partial charge in [-0.25, -0.2) is 8.42 Å². The number of fused-ring (bicyclic) bond motifs is 1. The van der Waals surface area contributed by atoms with E-state index in [1.165, 1.54) is 6.20 Å². The SMILES string of the molecule is O=C(CS(=O)(=O)c1cn(CC(=O)N2CCCC2)c2ccccc12)NCC1CCCO1. The van der Waals surface area contributed by atoms with Crippen LogP contribution in [-0.4, -0.2) is 67.8 Å². The maximum absolute atomic E-state index is 13.0. The maximum atomic E-state index is 13.0. The van der Waals surface area contributed by atoms with Crippen LogP contribution in [0.5, 0.6) is 0 Å². The molecule has 8 nitrogen and oxygen atoms in total. The van der Waals surface area contributed by atoms with Crippen molar-refractivity contribution in [3.05, 3.63) is 30.5 Å². The van der Waals surface area contributed by atoms with E-state index in [2.05, 4.69) is 5.32 Å². The predicted molar refractivity (Wildman–Crippen MR) is 112 cm³/mol. The van der Waals surface area contributed by atoms with Gasteiger partial charge in [0.25, 0.3) is 0 Å². The van der Waals surface area contributed by atoms with Gasteiger partial charge in [-0.05, 0) is 31.7 Å². The highest BCUT2D eigenvalue weighted by Gasteiger charge is 2.26. The minimum atomic E-state index is -3.86. The van der Waals surface area contributed by atoms with E-state index in [-0.39, 0.29) is 23.5 Å². The van der Waals surface area contributed by atoms with Gasteiger partial charge in [0.05, 0.1) is 11.0 Å². The van der Waals surface area contributed by atoms with Gasteiger partial charge in [-0.3, -0.25) is 9.59 Å². The molecule has 3 heterocycles. The number of ether oxygens (including phenoxy) is 1. The second-order valence-electron chi connectivity index (χ2n) is 7.92. The summed E-state index contributed by atoms with van der Waals surface area (Å²) in [7, 11) is -3.86. The standard InChI is InChI=1S/C21H27N3O5S/c25-20(22-12-16-6-5-11-29-16)15-30(27,28)19-13-24(18-8-2-1-7-17(18)19)14-21(26)23-9-3-4-10-23/h1-2,7-8,13,16H,3-6,9-12,14-15H2,(H,22,25). The Hall–Kier alpha value is -2.39. The predicted octanol–water partition coefficient (Wildman–Crippen LogP) is 1.33. The molecule has 2 fully saturated rings. The molecule has 1 aromatic carbocycles. The van der Waals surface area contributed by atoms with E-state index >= 15 is 0 Å². The summed E-state index contributed by atoms with van der Waals surface area (Å²) >= 11 is 0. The van der Waals surface area contributed by atoms with Crippen LogP contribution in [0.25, 0.3) is 10.9 Å². The Morgan fingerprint density at radius 2 is 1.90 bits per heavy atom. The number of benzene rings is 1. The summed E-state index contributed by atoms with van der Waals surface area (Å²) in [5.41, 5.74) is 0.670. The number of nitrogens with zero attached hydrogens (tertiary/aromatic N) is 2. The molecule has 0 aliphatic carbocycles. The Balaban J connectivity index is 1.52. The smallest absolute Gasteiger partial charge is 0.242 e. The lowest BCUT2D eigenvalue weighted by Gasteiger charge is -2.15. The van der Waals surface area contributed by atoms with Crippen molar-refractivity contribution in [1.82, 2.24) is 14.8 Å². The number of hydrogen-bond donors (Lipinski definition) is 1. The first-order chi connectivity index (χ1) is 14.4. The first-order valence-electron chi connectivity index (χ1n) is 10.4. The molecule has 0 bridgehead atoms. The van der Waals surface area contributed by atoms with Crippen LogP contribution in [0.4, 0.5) is 0 Å². The Kier molecular flexibility index (Phi) is 6.10. The molecule has 1 atom stereocenters. The van der Waals surface area contributed by atoms with Crippen LogP contribution in [0.1, 0.15) is 25.7 Å². The Bertz CT molecular complexity index is 1030. The van der Waals surface area contributed by atoms with Crippen LogP contribution < -0.4 is 5.32 Å². The summed E-state index contributed by atoms with van der Waals surface area (Å²) in [4.78, 5) is 26.7. The zero-order valence-electron chi connectivity index (χ0n) is 16.9. The average Bonchev–Trinajstić information content (AvgIpc) is 3.47. The van der Waals surface area contributed by atoms with E-state index in [1.54, 1.807) is 22.8 Å². The largest absolute Gasteiger partial charge is 0.376 e. The van der Waals surface area contributed by atoms with Crippen LogP contribution in [-0.2, 0) is 30.7 Å². The van der Waals surface area contributed by atoms with Crippen LogP contribution in [0.2, 0.25) is 0 Å². The third-order valence-corrected chi connectivity index (χ3v) is 7.36. The van der Waals surface area contributed by atoms with E-state index in [0.717, 1.165) is 38.8 Å². The fourth-order valence-electron chi connectivity index (χ4n) is 4.14. The summed E-state index contributed by atoms with van der Waals surface area (Å²) in [6.45, 7) is 2.57. The highest BCUT2D eigenvalue weighted by atomic mass is 32.2. The van der Waals surface area contributed by atoms with Gasteiger partial charge in [0.2, 0.25) is 11.8 Å². The van der Waals surface area contributed by atoms with Gasteiger partial charge in [-0.2, -0.15) is 0 Å². The number of rotatable bonds is 7. The second kappa shape index (κ2) is 8.77. The molecule has 1 aromatic heterocycles. The Morgan fingerprint density at radius 1 is 1.13 bits per heavy atom. The minimum Gasteiger partial charge on any atom is -0.376 e. The molecule has 2 aromatic rings. The second-order valence-corrected chi connectivity index (χ2v) is 9.88. The number of aromatic nitrogens is 1. The van der Waals surface area contributed by atoms with E-state index in [4.69, 9.17) is 4.74 Å². The number of nitrogens with one attached hydrogen (secondary N) is 1. The summed E-state index contributed by atoms with van der Waals surface area (Å²) in [6.07, 6.45) is 5.26. The Labute approximate surface area is 176 Å². The summed E-state index contributed by atoms with van der Waals surface area (Å²) in [5.74, 6) is -1.20. The zero-order chi connectivity index (χ0) is 21.1. The Morgan fingerprint density at radius 3 is 2.63 bits per heavy atom. The molecular formula is C21H27N3O5S. The van der Waals surface area contributed by atoms with Crippen molar-refractivity contribution in [3.8, 4) is 0 Å². The van der Waals surface area contributed by atoms with Crippen molar-refractivity contribution in [2.45, 2.75) is 43.2 Å². The van der Waals surface area contributed by atoms with E-state index in [0.29, 0.717) is 24.1 Å². The summed E-state index contributed by atoms with van der Waals surface area (Å²) in [5, 5.41) is 3.19. The van der Waals surface area contributed by atoms with E-state index < -0.39 is 21.5 Å². The van der Waals surface area contributed by atoms with Crippen molar-refractivity contribution in [1.29, 1.82) is 0 Å². The highest BCUT2D eigenvalue weighted by molar-refractivity contribution is 7.92. The number of para-hydroxylation sites is 1. The van der Waals surface area contributed by atoms with Gasteiger partial charge in [0.1, 0.15) is 12.3 Å². The highest BCUT2D eigenvalue weighted by Crippen LogP contribution is 2.26. The number of amides is 2. The van der Waals surface area contributed by atoms with Crippen molar-refractivity contribution >= 4 is 32.6 Å². The molecule has 0 spiro atoms. The van der Waals surface area contributed by atoms with Gasteiger partial charge < -0.3 is 19.5 Å².